The van der Waals surface area contributed by atoms with Crippen LogP contribution in [-0.2, 0) is 0 Å². The van der Waals surface area contributed by atoms with Crippen LogP contribution in [0.2, 0.25) is 0 Å². The summed E-state index contributed by atoms with van der Waals surface area (Å²) in [5.74, 6) is 0. The number of halogens is 3. The first-order valence-corrected chi connectivity index (χ1v) is 3.09. The van der Waals surface area contributed by atoms with Crippen LogP contribution in [0.5, 0.6) is 0 Å². The molecule has 0 unspecified atom stereocenters. The van der Waals surface area contributed by atoms with E-state index in [2.05, 4.69) is 15.9 Å². The van der Waals surface area contributed by atoms with Crippen molar-refractivity contribution in [3.8, 4) is 0 Å². The number of benzene rings is 1. The van der Waals surface area contributed by atoms with Gasteiger partial charge in [0.15, 0.2) is 0 Å². The number of hydrogen-bond acceptors (Lipinski definition) is 1. The summed E-state index contributed by atoms with van der Waals surface area (Å²) in [5, 5.41) is 0. The molecule has 10 heavy (non-hydrogen) atoms. The minimum Gasteiger partial charge on any atom is -0.399 e. The molecule has 2 N–H and O–H groups in total. The maximum absolute atomic E-state index is 5.43. The fourth-order valence-electron chi connectivity index (χ4n) is 0.507. The molecule has 0 saturated heterocycles. The van der Waals surface area contributed by atoms with Gasteiger partial charge >= 0.3 is 0 Å². The Morgan fingerprint density at radius 2 is 1.80 bits per heavy atom. The Kier molecular flexibility index (Phi) is 7.43. The zero-order valence-corrected chi connectivity index (χ0v) is 8.30. The molecule has 4 heteroatoms. The third-order valence-electron chi connectivity index (χ3n) is 0.849. The van der Waals surface area contributed by atoms with Gasteiger partial charge in [-0.1, -0.05) is 22.0 Å². The minimum atomic E-state index is 0. The molecular weight excluding hydrogens is 237 g/mol. The lowest BCUT2D eigenvalue weighted by molar-refractivity contribution is 1.64. The molecule has 0 fully saturated rings. The van der Waals surface area contributed by atoms with Crippen LogP contribution < -0.4 is 5.73 Å². The zero-order valence-electron chi connectivity index (χ0n) is 5.08. The van der Waals surface area contributed by atoms with Gasteiger partial charge in [0.2, 0.25) is 0 Å². The SMILES string of the molecule is Cl.Cl.Nc1cccc(Br)c1. The van der Waals surface area contributed by atoms with E-state index in [9.17, 15) is 0 Å². The first-order valence-electron chi connectivity index (χ1n) is 2.30. The highest BCUT2D eigenvalue weighted by molar-refractivity contribution is 9.10. The number of rotatable bonds is 0. The van der Waals surface area contributed by atoms with Gasteiger partial charge in [0.1, 0.15) is 0 Å². The molecule has 0 atom stereocenters. The number of nitrogens with two attached hydrogens (primary N) is 1. The molecule has 0 aliphatic rings. The second-order valence-corrected chi connectivity index (χ2v) is 2.47. The molecular formula is C6H8BrCl2N. The maximum Gasteiger partial charge on any atom is 0.0325 e. The number of anilines is 1. The maximum atomic E-state index is 5.43. The topological polar surface area (TPSA) is 26.0 Å². The van der Waals surface area contributed by atoms with Crippen molar-refractivity contribution in [1.29, 1.82) is 0 Å². The van der Waals surface area contributed by atoms with E-state index in [0.29, 0.717) is 0 Å². The Bertz CT molecular complexity index is 176. The summed E-state index contributed by atoms with van der Waals surface area (Å²) < 4.78 is 1.03. The van der Waals surface area contributed by atoms with Gasteiger partial charge in [0.25, 0.3) is 0 Å². The molecule has 58 valence electrons. The van der Waals surface area contributed by atoms with Crippen molar-refractivity contribution < 1.29 is 0 Å². The number of hydrogen-bond donors (Lipinski definition) is 1. The molecule has 0 radical (unpaired) electrons. The second-order valence-electron chi connectivity index (χ2n) is 1.56. The predicted octanol–water partition coefficient (Wildman–Crippen LogP) is 2.87. The Balaban J connectivity index is 0. The van der Waals surface area contributed by atoms with E-state index < -0.39 is 0 Å². The van der Waals surface area contributed by atoms with Gasteiger partial charge < -0.3 is 5.73 Å². The van der Waals surface area contributed by atoms with Crippen molar-refractivity contribution in [3.63, 3.8) is 0 Å². The van der Waals surface area contributed by atoms with Gasteiger partial charge in [-0.15, -0.1) is 24.8 Å². The fraction of sp³-hybridized carbons (Fsp3) is 0. The molecule has 1 aromatic rings. The molecule has 0 bridgehead atoms. The smallest absolute Gasteiger partial charge is 0.0325 e. The Morgan fingerprint density at radius 1 is 1.20 bits per heavy atom. The zero-order chi connectivity index (χ0) is 5.98. The number of nitrogen functional groups attached to an aromatic ring is 1. The van der Waals surface area contributed by atoms with Crippen LogP contribution in [0.25, 0.3) is 0 Å². The molecule has 0 aliphatic heterocycles. The molecule has 1 nitrogen and oxygen atoms in total. The monoisotopic (exact) mass is 243 g/mol. The fourth-order valence-corrected chi connectivity index (χ4v) is 0.924. The molecule has 1 aromatic carbocycles. The lowest BCUT2D eigenvalue weighted by Gasteiger charge is -1.89. The van der Waals surface area contributed by atoms with Crippen molar-refractivity contribution >= 4 is 46.4 Å². The van der Waals surface area contributed by atoms with Crippen LogP contribution in [0, 0.1) is 0 Å². The first kappa shape index (κ1) is 12.7. The molecule has 0 aliphatic carbocycles. The van der Waals surface area contributed by atoms with Gasteiger partial charge in [-0.05, 0) is 18.2 Å². The highest BCUT2D eigenvalue weighted by Gasteiger charge is 1.82. The van der Waals surface area contributed by atoms with Crippen LogP contribution in [0.4, 0.5) is 5.69 Å². The van der Waals surface area contributed by atoms with Gasteiger partial charge in [-0.2, -0.15) is 0 Å². The Morgan fingerprint density at radius 3 is 2.10 bits per heavy atom. The molecule has 1 rings (SSSR count). The van der Waals surface area contributed by atoms with Crippen molar-refractivity contribution in [2.45, 2.75) is 0 Å². The standard InChI is InChI=1S/C6H6BrN.2ClH/c7-5-2-1-3-6(8)4-5;;/h1-4H,8H2;2*1H. The summed E-state index contributed by atoms with van der Waals surface area (Å²) in [4.78, 5) is 0. The van der Waals surface area contributed by atoms with E-state index >= 15 is 0 Å². The lowest BCUT2D eigenvalue weighted by atomic mass is 10.3. The van der Waals surface area contributed by atoms with Gasteiger partial charge in [0, 0.05) is 10.2 Å². The van der Waals surface area contributed by atoms with Gasteiger partial charge in [-0.3, -0.25) is 0 Å². The predicted molar refractivity (Wildman–Crippen MR) is 53.1 cm³/mol. The van der Waals surface area contributed by atoms with Gasteiger partial charge in [-0.25, -0.2) is 0 Å². The molecule has 0 heterocycles. The average Bonchev–Trinajstić information content (AvgIpc) is 1.64. The van der Waals surface area contributed by atoms with Gasteiger partial charge in [0.05, 0.1) is 0 Å². The van der Waals surface area contributed by atoms with Crippen molar-refractivity contribution in [2.75, 3.05) is 5.73 Å². The van der Waals surface area contributed by atoms with Crippen molar-refractivity contribution in [2.24, 2.45) is 0 Å². The summed E-state index contributed by atoms with van der Waals surface area (Å²) in [7, 11) is 0. The van der Waals surface area contributed by atoms with E-state index in [0.717, 1.165) is 10.2 Å². The van der Waals surface area contributed by atoms with Crippen LogP contribution in [0.3, 0.4) is 0 Å². The quantitative estimate of drug-likeness (QED) is 0.698. The van der Waals surface area contributed by atoms with E-state index in [1.807, 2.05) is 24.3 Å². The molecule has 0 amide bonds. The van der Waals surface area contributed by atoms with Crippen LogP contribution in [-0.4, -0.2) is 0 Å². The first-order chi connectivity index (χ1) is 3.79. The Labute approximate surface area is 80.9 Å². The van der Waals surface area contributed by atoms with Crippen LogP contribution >= 0.6 is 40.7 Å². The van der Waals surface area contributed by atoms with E-state index in [4.69, 9.17) is 5.73 Å². The van der Waals surface area contributed by atoms with E-state index in [1.165, 1.54) is 0 Å². The summed E-state index contributed by atoms with van der Waals surface area (Å²) >= 11 is 3.28. The van der Waals surface area contributed by atoms with Crippen LogP contribution in [0.15, 0.2) is 28.7 Å². The van der Waals surface area contributed by atoms with Crippen LogP contribution in [0.1, 0.15) is 0 Å². The molecule has 0 aromatic heterocycles. The summed E-state index contributed by atoms with van der Waals surface area (Å²) in [6.45, 7) is 0. The highest BCUT2D eigenvalue weighted by Crippen LogP contribution is 2.11. The van der Waals surface area contributed by atoms with E-state index in [1.54, 1.807) is 0 Å². The summed E-state index contributed by atoms with van der Waals surface area (Å²) in [6, 6.07) is 7.56. The third kappa shape index (κ3) is 3.99. The summed E-state index contributed by atoms with van der Waals surface area (Å²) in [6.07, 6.45) is 0. The Hall–Kier alpha value is 0.0800. The minimum absolute atomic E-state index is 0. The largest absolute Gasteiger partial charge is 0.399 e. The van der Waals surface area contributed by atoms with E-state index in [-0.39, 0.29) is 24.8 Å². The average molecular weight is 245 g/mol. The normalized spacial score (nSPS) is 7.30. The highest BCUT2D eigenvalue weighted by atomic mass is 79.9. The second kappa shape index (κ2) is 5.83. The molecule has 0 saturated carbocycles. The summed E-state index contributed by atoms with van der Waals surface area (Å²) in [5.41, 5.74) is 6.22. The van der Waals surface area contributed by atoms with Crippen molar-refractivity contribution in [1.82, 2.24) is 0 Å². The van der Waals surface area contributed by atoms with Crippen molar-refractivity contribution in [3.05, 3.63) is 28.7 Å². The third-order valence-corrected chi connectivity index (χ3v) is 1.34. The lowest BCUT2D eigenvalue weighted by Crippen LogP contribution is -1.80. The molecule has 0 spiro atoms.